The van der Waals surface area contributed by atoms with Crippen molar-refractivity contribution in [3.63, 3.8) is 0 Å². The zero-order valence-corrected chi connectivity index (χ0v) is 14.0. The molecule has 5 heteroatoms. The highest BCUT2D eigenvalue weighted by molar-refractivity contribution is 5.74. The van der Waals surface area contributed by atoms with Gasteiger partial charge in [0.2, 0.25) is 0 Å². The molecule has 1 aromatic rings. The molecule has 1 saturated carbocycles. The fraction of sp³-hybridized carbons (Fsp3) is 0.706. The van der Waals surface area contributed by atoms with Crippen molar-refractivity contribution in [3.8, 4) is 0 Å². The van der Waals surface area contributed by atoms with E-state index in [2.05, 4.69) is 26.1 Å². The molecular weight excluding hydrogens is 280 g/mol. The quantitative estimate of drug-likeness (QED) is 0.898. The number of amides is 2. The van der Waals surface area contributed by atoms with Gasteiger partial charge in [-0.15, -0.1) is 0 Å². The van der Waals surface area contributed by atoms with E-state index in [1.807, 2.05) is 12.1 Å². The van der Waals surface area contributed by atoms with E-state index < -0.39 is 0 Å². The highest BCUT2D eigenvalue weighted by Gasteiger charge is 2.32. The molecule has 2 N–H and O–H groups in total. The van der Waals surface area contributed by atoms with Crippen LogP contribution < -0.4 is 5.32 Å². The maximum Gasteiger partial charge on any atom is 0.317 e. The third kappa shape index (κ3) is 4.03. The third-order valence-electron chi connectivity index (χ3n) is 4.44. The minimum Gasteiger partial charge on any atom is -0.467 e. The summed E-state index contributed by atoms with van der Waals surface area (Å²) in [7, 11) is 1.78. The second kappa shape index (κ2) is 6.73. The summed E-state index contributed by atoms with van der Waals surface area (Å²) in [6.07, 6.45) is 4.22. The van der Waals surface area contributed by atoms with Crippen molar-refractivity contribution in [2.75, 3.05) is 13.6 Å². The fourth-order valence-electron chi connectivity index (χ4n) is 3.07. The Kier molecular flexibility index (Phi) is 5.16. The van der Waals surface area contributed by atoms with Gasteiger partial charge < -0.3 is 19.7 Å². The number of rotatable bonds is 4. The number of nitrogens with one attached hydrogen (secondary N) is 1. The van der Waals surface area contributed by atoms with Gasteiger partial charge in [0.05, 0.1) is 18.4 Å². The van der Waals surface area contributed by atoms with Crippen LogP contribution in [0.4, 0.5) is 4.79 Å². The van der Waals surface area contributed by atoms with E-state index in [0.29, 0.717) is 6.54 Å². The van der Waals surface area contributed by atoms with Crippen LogP contribution in [0.15, 0.2) is 22.8 Å². The minimum absolute atomic E-state index is 0.129. The Morgan fingerprint density at radius 3 is 2.73 bits per heavy atom. The van der Waals surface area contributed by atoms with E-state index >= 15 is 0 Å². The van der Waals surface area contributed by atoms with Gasteiger partial charge in [-0.05, 0) is 30.4 Å². The Labute approximate surface area is 132 Å². The highest BCUT2D eigenvalue weighted by atomic mass is 16.3. The van der Waals surface area contributed by atoms with Crippen molar-refractivity contribution in [2.45, 2.75) is 52.2 Å². The molecule has 0 spiro atoms. The summed E-state index contributed by atoms with van der Waals surface area (Å²) in [6.45, 7) is 6.80. The zero-order valence-electron chi connectivity index (χ0n) is 14.0. The number of furan rings is 1. The first-order valence-electron chi connectivity index (χ1n) is 8.02. The van der Waals surface area contributed by atoms with Gasteiger partial charge in [-0.1, -0.05) is 27.2 Å². The molecule has 0 aromatic carbocycles. The zero-order chi connectivity index (χ0) is 16.3. The summed E-state index contributed by atoms with van der Waals surface area (Å²) in [5, 5.41) is 13.0. The lowest BCUT2D eigenvalue weighted by Gasteiger charge is -2.32. The largest absolute Gasteiger partial charge is 0.467 e. The first-order valence-corrected chi connectivity index (χ1v) is 8.02. The fourth-order valence-corrected chi connectivity index (χ4v) is 3.07. The van der Waals surface area contributed by atoms with Crippen LogP contribution in [-0.2, 0) is 0 Å². The Hall–Kier alpha value is -1.49. The number of urea groups is 1. The molecule has 1 fully saturated rings. The molecule has 0 saturated heterocycles. The molecule has 1 heterocycles. The summed E-state index contributed by atoms with van der Waals surface area (Å²) in [5.74, 6) is 0.947. The molecule has 1 aliphatic rings. The van der Waals surface area contributed by atoms with Crippen LogP contribution in [-0.4, -0.2) is 35.7 Å². The van der Waals surface area contributed by atoms with Crippen LogP contribution in [0.5, 0.6) is 0 Å². The Morgan fingerprint density at radius 2 is 2.23 bits per heavy atom. The Morgan fingerprint density at radius 1 is 1.50 bits per heavy atom. The van der Waals surface area contributed by atoms with Crippen LogP contribution in [0.25, 0.3) is 0 Å². The molecule has 124 valence electrons. The SMILES string of the molecule is CN(C[C@@H]1CCC[C@@H]1O)C(=O)N[C@@H](c1ccco1)C(C)(C)C. The first-order chi connectivity index (χ1) is 10.3. The monoisotopic (exact) mass is 308 g/mol. The maximum absolute atomic E-state index is 12.5. The van der Waals surface area contributed by atoms with Gasteiger partial charge in [0, 0.05) is 19.5 Å². The van der Waals surface area contributed by atoms with E-state index in [4.69, 9.17) is 4.42 Å². The van der Waals surface area contributed by atoms with E-state index in [0.717, 1.165) is 25.0 Å². The predicted octanol–water partition coefficient (Wildman–Crippen LogP) is 3.17. The molecule has 0 bridgehead atoms. The second-order valence-corrected chi connectivity index (χ2v) is 7.40. The van der Waals surface area contributed by atoms with Crippen molar-refractivity contribution >= 4 is 6.03 Å². The number of nitrogens with zero attached hydrogens (tertiary/aromatic N) is 1. The van der Waals surface area contributed by atoms with Crippen LogP contribution >= 0.6 is 0 Å². The second-order valence-electron chi connectivity index (χ2n) is 7.40. The van der Waals surface area contributed by atoms with Crippen molar-refractivity contribution < 1.29 is 14.3 Å². The predicted molar refractivity (Wildman–Crippen MR) is 85.4 cm³/mol. The number of aliphatic hydroxyl groups is 1. The van der Waals surface area contributed by atoms with E-state index in [9.17, 15) is 9.90 Å². The number of aliphatic hydroxyl groups excluding tert-OH is 1. The van der Waals surface area contributed by atoms with Gasteiger partial charge >= 0.3 is 6.03 Å². The molecule has 22 heavy (non-hydrogen) atoms. The van der Waals surface area contributed by atoms with Crippen LogP contribution in [0.1, 0.15) is 51.8 Å². The number of hydrogen-bond donors (Lipinski definition) is 2. The van der Waals surface area contributed by atoms with E-state index in [-0.39, 0.29) is 29.5 Å². The van der Waals surface area contributed by atoms with Gasteiger partial charge in [0.1, 0.15) is 5.76 Å². The van der Waals surface area contributed by atoms with Gasteiger partial charge in [-0.2, -0.15) is 0 Å². The van der Waals surface area contributed by atoms with Crippen LogP contribution in [0.2, 0.25) is 0 Å². The van der Waals surface area contributed by atoms with Crippen molar-refractivity contribution in [3.05, 3.63) is 24.2 Å². The van der Waals surface area contributed by atoms with Crippen molar-refractivity contribution in [1.29, 1.82) is 0 Å². The third-order valence-corrected chi connectivity index (χ3v) is 4.44. The smallest absolute Gasteiger partial charge is 0.317 e. The van der Waals surface area contributed by atoms with Gasteiger partial charge in [0.25, 0.3) is 0 Å². The highest BCUT2D eigenvalue weighted by Crippen LogP contribution is 2.33. The van der Waals surface area contributed by atoms with E-state index in [1.54, 1.807) is 18.2 Å². The standard InChI is InChI=1S/C17H28N2O3/c1-17(2,3)15(14-9-6-10-22-14)18-16(21)19(4)11-12-7-5-8-13(12)20/h6,9-10,12-13,15,20H,5,7-8,11H2,1-4H3,(H,18,21)/t12-,13-,15-/m0/s1. The topological polar surface area (TPSA) is 65.7 Å². The number of carbonyl (C=O) groups is 1. The summed E-state index contributed by atoms with van der Waals surface area (Å²) >= 11 is 0. The molecule has 5 nitrogen and oxygen atoms in total. The molecule has 3 atom stereocenters. The molecule has 1 aromatic heterocycles. The lowest BCUT2D eigenvalue weighted by molar-refractivity contribution is 0.111. The number of hydrogen-bond acceptors (Lipinski definition) is 3. The average Bonchev–Trinajstić information content (AvgIpc) is 3.07. The molecule has 1 aliphatic carbocycles. The number of carbonyl (C=O) groups excluding carboxylic acids is 1. The lowest BCUT2D eigenvalue weighted by Crippen LogP contribution is -2.45. The summed E-state index contributed by atoms with van der Waals surface area (Å²) < 4.78 is 5.48. The summed E-state index contributed by atoms with van der Waals surface area (Å²) in [5.41, 5.74) is -0.152. The lowest BCUT2D eigenvalue weighted by atomic mass is 9.85. The Bertz CT molecular complexity index is 479. The van der Waals surface area contributed by atoms with Gasteiger partial charge in [-0.25, -0.2) is 4.79 Å². The molecular formula is C17H28N2O3. The van der Waals surface area contributed by atoms with Crippen molar-refractivity contribution in [1.82, 2.24) is 10.2 Å². The van der Waals surface area contributed by atoms with Crippen LogP contribution in [0.3, 0.4) is 0 Å². The summed E-state index contributed by atoms with van der Waals surface area (Å²) in [4.78, 5) is 14.1. The minimum atomic E-state index is -0.279. The molecule has 0 aliphatic heterocycles. The first kappa shape index (κ1) is 16.9. The van der Waals surface area contributed by atoms with Gasteiger partial charge in [-0.3, -0.25) is 0 Å². The van der Waals surface area contributed by atoms with Crippen molar-refractivity contribution in [2.24, 2.45) is 11.3 Å². The van der Waals surface area contributed by atoms with Gasteiger partial charge in [0.15, 0.2) is 0 Å². The van der Waals surface area contributed by atoms with E-state index in [1.165, 1.54) is 0 Å². The summed E-state index contributed by atoms with van der Waals surface area (Å²) in [6, 6.07) is 3.40. The molecule has 2 amide bonds. The average molecular weight is 308 g/mol. The molecule has 0 radical (unpaired) electrons. The molecule has 2 rings (SSSR count). The maximum atomic E-state index is 12.5. The van der Waals surface area contributed by atoms with Crippen LogP contribution in [0, 0.1) is 11.3 Å². The Balaban J connectivity index is 1.98. The molecule has 0 unspecified atom stereocenters. The normalized spacial score (nSPS) is 23.3.